The second-order valence-corrected chi connectivity index (χ2v) is 9.01. The smallest absolute Gasteiger partial charge is 0.297 e. The van der Waals surface area contributed by atoms with Crippen LogP contribution in [0.4, 0.5) is 0 Å². The van der Waals surface area contributed by atoms with Gasteiger partial charge in [-0.05, 0) is 75.8 Å². The summed E-state index contributed by atoms with van der Waals surface area (Å²) in [6.07, 6.45) is 3.76. The lowest BCUT2D eigenvalue weighted by molar-refractivity contribution is 0.0247. The minimum atomic E-state index is -3.80. The van der Waals surface area contributed by atoms with E-state index in [0.29, 0.717) is 0 Å². The molecule has 0 bridgehead atoms. The predicted octanol–water partition coefficient (Wildman–Crippen LogP) is 4.57. The summed E-state index contributed by atoms with van der Waals surface area (Å²) in [5.41, 5.74) is 2.62. The lowest BCUT2D eigenvalue weighted by atomic mass is 9.94. The summed E-state index contributed by atoms with van der Waals surface area (Å²) in [5.74, 6) is 0.837. The van der Waals surface area contributed by atoms with E-state index < -0.39 is 15.7 Å². The Hall–Kier alpha value is -1.85. The largest absolute Gasteiger partial charge is 0.485 e. The average Bonchev–Trinajstić information content (AvgIpc) is 2.58. The van der Waals surface area contributed by atoms with E-state index in [1.54, 1.807) is 24.3 Å². The molecule has 1 unspecified atom stereocenters. The fourth-order valence-corrected chi connectivity index (χ4v) is 4.18. The first-order valence-corrected chi connectivity index (χ1v) is 10.4. The van der Waals surface area contributed by atoms with Gasteiger partial charge >= 0.3 is 0 Å². The normalized spacial score (nSPS) is 20.6. The maximum atomic E-state index is 12.5. The summed E-state index contributed by atoms with van der Waals surface area (Å²) in [6.45, 7) is 5.86. The average molecular weight is 375 g/mol. The van der Waals surface area contributed by atoms with E-state index in [0.717, 1.165) is 42.6 Å². The minimum Gasteiger partial charge on any atom is -0.485 e. The highest BCUT2D eigenvalue weighted by molar-refractivity contribution is 7.86. The Morgan fingerprint density at radius 2 is 1.73 bits per heavy atom. The van der Waals surface area contributed by atoms with Gasteiger partial charge in [0.05, 0.1) is 4.90 Å². The van der Waals surface area contributed by atoms with Crippen LogP contribution in [-0.4, -0.2) is 20.6 Å². The van der Waals surface area contributed by atoms with Gasteiger partial charge < -0.3 is 4.74 Å². The second-order valence-electron chi connectivity index (χ2n) is 7.40. The third-order valence-electron chi connectivity index (χ3n) is 4.81. The van der Waals surface area contributed by atoms with Crippen LogP contribution in [0.1, 0.15) is 42.9 Å². The molecule has 0 N–H and O–H groups in total. The van der Waals surface area contributed by atoms with Crippen LogP contribution in [0.15, 0.2) is 47.4 Å². The van der Waals surface area contributed by atoms with Gasteiger partial charge in [0.1, 0.15) is 18.0 Å². The van der Waals surface area contributed by atoms with Crippen molar-refractivity contribution in [1.29, 1.82) is 0 Å². The number of fused-ring (bicyclic) bond motifs is 1. The predicted molar refractivity (Wildman–Crippen MR) is 102 cm³/mol. The van der Waals surface area contributed by atoms with Crippen LogP contribution < -0.4 is 4.74 Å². The summed E-state index contributed by atoms with van der Waals surface area (Å²) < 4.78 is 36.7. The van der Waals surface area contributed by atoms with Gasteiger partial charge in [-0.1, -0.05) is 29.8 Å². The molecule has 0 saturated heterocycles. The van der Waals surface area contributed by atoms with Gasteiger partial charge in [-0.2, -0.15) is 8.42 Å². The molecule has 0 fully saturated rings. The van der Waals surface area contributed by atoms with Gasteiger partial charge in [-0.25, -0.2) is 0 Å². The summed E-state index contributed by atoms with van der Waals surface area (Å²) in [6, 6.07) is 12.9. The van der Waals surface area contributed by atoms with Crippen LogP contribution in [0.2, 0.25) is 0 Å². The molecular weight excluding hydrogens is 348 g/mol. The van der Waals surface area contributed by atoms with Crippen LogP contribution in [0.3, 0.4) is 0 Å². The minimum absolute atomic E-state index is 0.00338. The zero-order valence-corrected chi connectivity index (χ0v) is 16.4. The Morgan fingerprint density at radius 1 is 1.04 bits per heavy atom. The van der Waals surface area contributed by atoms with Gasteiger partial charge in [0, 0.05) is 0 Å². The van der Waals surface area contributed by atoms with Gasteiger partial charge in [-0.3, -0.25) is 4.18 Å². The molecule has 1 heterocycles. The number of hydrogen-bond acceptors (Lipinski definition) is 4. The molecule has 1 aliphatic rings. The zero-order valence-electron chi connectivity index (χ0n) is 15.6. The van der Waals surface area contributed by atoms with Crippen LogP contribution in [0.25, 0.3) is 0 Å². The molecule has 0 aliphatic carbocycles. The van der Waals surface area contributed by atoms with Gasteiger partial charge in [0.15, 0.2) is 0 Å². The first-order chi connectivity index (χ1) is 12.3. The molecule has 0 radical (unpaired) electrons. The van der Waals surface area contributed by atoms with Gasteiger partial charge in [-0.15, -0.1) is 0 Å². The first-order valence-electron chi connectivity index (χ1n) is 9.02. The number of aryl methyl sites for hydroxylation is 3. The lowest BCUT2D eigenvalue weighted by Gasteiger charge is -2.33. The van der Waals surface area contributed by atoms with Crippen LogP contribution in [0.5, 0.6) is 5.75 Å². The SMILES string of the molecule is Cc1ccc(S(=O)(=O)OCC2(C)CCCCc3ccc(C)cc3O2)cc1. The number of benzene rings is 2. The van der Waals surface area contributed by atoms with E-state index in [4.69, 9.17) is 8.92 Å². The number of rotatable bonds is 4. The Kier molecular flexibility index (Phi) is 5.39. The van der Waals surface area contributed by atoms with E-state index in [1.165, 1.54) is 5.56 Å². The Morgan fingerprint density at radius 3 is 2.46 bits per heavy atom. The second kappa shape index (κ2) is 7.41. The van der Waals surface area contributed by atoms with Crippen molar-refractivity contribution in [2.24, 2.45) is 0 Å². The van der Waals surface area contributed by atoms with Crippen LogP contribution in [0, 0.1) is 13.8 Å². The van der Waals surface area contributed by atoms with E-state index >= 15 is 0 Å². The molecule has 140 valence electrons. The van der Waals surface area contributed by atoms with Crippen molar-refractivity contribution in [3.63, 3.8) is 0 Å². The third kappa shape index (κ3) is 4.46. The molecule has 0 saturated carbocycles. The molecule has 5 heteroatoms. The monoisotopic (exact) mass is 374 g/mol. The highest BCUT2D eigenvalue weighted by atomic mass is 32.2. The molecule has 0 spiro atoms. The van der Waals surface area contributed by atoms with Crippen LogP contribution in [-0.2, 0) is 20.7 Å². The number of ether oxygens (including phenoxy) is 1. The van der Waals surface area contributed by atoms with E-state index in [9.17, 15) is 8.42 Å². The van der Waals surface area contributed by atoms with Crippen molar-refractivity contribution in [1.82, 2.24) is 0 Å². The first kappa shape index (κ1) is 18.9. The Labute approximate surface area is 156 Å². The van der Waals surface area contributed by atoms with Crippen molar-refractivity contribution >= 4 is 10.1 Å². The van der Waals surface area contributed by atoms with Crippen molar-refractivity contribution in [2.45, 2.75) is 57.0 Å². The zero-order chi connectivity index (χ0) is 18.8. The van der Waals surface area contributed by atoms with Crippen molar-refractivity contribution in [2.75, 3.05) is 6.61 Å². The summed E-state index contributed by atoms with van der Waals surface area (Å²) in [5, 5.41) is 0. The molecule has 3 rings (SSSR count). The fourth-order valence-electron chi connectivity index (χ4n) is 3.17. The molecule has 1 aliphatic heterocycles. The lowest BCUT2D eigenvalue weighted by Crippen LogP contribution is -2.39. The molecule has 0 amide bonds. The molecule has 2 aromatic rings. The van der Waals surface area contributed by atoms with Gasteiger partial charge in [0.2, 0.25) is 0 Å². The standard InChI is InChI=1S/C21H26O4S/c1-16-8-11-19(12-9-16)26(22,23)24-15-21(3)13-5-4-6-18-10-7-17(2)14-20(18)25-21/h7-12,14H,4-6,13,15H2,1-3H3. The molecule has 26 heavy (non-hydrogen) atoms. The molecule has 4 nitrogen and oxygen atoms in total. The molecular formula is C21H26O4S. The fraction of sp³-hybridized carbons (Fsp3) is 0.429. The Balaban J connectivity index is 1.78. The number of hydrogen-bond donors (Lipinski definition) is 0. The van der Waals surface area contributed by atoms with Crippen molar-refractivity contribution in [3.8, 4) is 5.75 Å². The summed E-state index contributed by atoms with van der Waals surface area (Å²) >= 11 is 0. The maximum absolute atomic E-state index is 12.5. The van der Waals surface area contributed by atoms with Crippen molar-refractivity contribution in [3.05, 3.63) is 59.2 Å². The summed E-state index contributed by atoms with van der Waals surface area (Å²) in [7, 11) is -3.80. The Bertz CT molecular complexity index is 871. The van der Waals surface area contributed by atoms with E-state index in [2.05, 4.69) is 12.1 Å². The van der Waals surface area contributed by atoms with E-state index in [-0.39, 0.29) is 11.5 Å². The third-order valence-corrected chi connectivity index (χ3v) is 6.09. The molecule has 1 atom stereocenters. The molecule has 0 aromatic heterocycles. The highest BCUT2D eigenvalue weighted by Crippen LogP contribution is 2.32. The van der Waals surface area contributed by atoms with Crippen LogP contribution >= 0.6 is 0 Å². The summed E-state index contributed by atoms with van der Waals surface area (Å²) in [4.78, 5) is 0.175. The quantitative estimate of drug-likeness (QED) is 0.736. The maximum Gasteiger partial charge on any atom is 0.297 e. The van der Waals surface area contributed by atoms with Gasteiger partial charge in [0.25, 0.3) is 10.1 Å². The van der Waals surface area contributed by atoms with Crippen molar-refractivity contribution < 1.29 is 17.3 Å². The topological polar surface area (TPSA) is 52.6 Å². The van der Waals surface area contributed by atoms with E-state index in [1.807, 2.05) is 26.8 Å². The highest BCUT2D eigenvalue weighted by Gasteiger charge is 2.32. The molecule has 2 aromatic carbocycles.